The second-order valence-electron chi connectivity index (χ2n) is 8.08. The maximum Gasteiger partial charge on any atom is 0.433 e. The summed E-state index contributed by atoms with van der Waals surface area (Å²) in [5.74, 6) is -1.31. The molecular weight excluding hydrogens is 465 g/mol. The van der Waals surface area contributed by atoms with Gasteiger partial charge >= 0.3 is 6.18 Å². The number of H-pyrrole nitrogens is 1. The summed E-state index contributed by atoms with van der Waals surface area (Å²) in [7, 11) is 0. The summed E-state index contributed by atoms with van der Waals surface area (Å²) >= 11 is 1.62. The van der Waals surface area contributed by atoms with Gasteiger partial charge < -0.3 is 29.9 Å². The number of aliphatic hydroxyl groups excluding tert-OH is 4. The zero-order valence-electron chi connectivity index (χ0n) is 18.2. The predicted molar refractivity (Wildman–Crippen MR) is 113 cm³/mol. The molecule has 1 unspecified atom stereocenters. The molecule has 33 heavy (non-hydrogen) atoms. The van der Waals surface area contributed by atoms with Crippen LogP contribution in [-0.4, -0.2) is 73.2 Å². The van der Waals surface area contributed by atoms with Crippen LogP contribution in [0, 0.1) is 0 Å². The molecule has 3 rings (SSSR count). The summed E-state index contributed by atoms with van der Waals surface area (Å²) in [4.78, 5) is 0.971. The van der Waals surface area contributed by atoms with E-state index in [9.17, 15) is 33.6 Å². The van der Waals surface area contributed by atoms with Gasteiger partial charge in [-0.25, -0.2) is 0 Å². The number of aromatic amines is 1. The third kappa shape index (κ3) is 5.64. The lowest BCUT2D eigenvalue weighted by Gasteiger charge is -2.39. The molecule has 1 fully saturated rings. The maximum absolute atomic E-state index is 13.7. The average molecular weight is 493 g/mol. The van der Waals surface area contributed by atoms with Gasteiger partial charge in [-0.2, -0.15) is 13.2 Å². The molecule has 0 radical (unpaired) electrons. The van der Waals surface area contributed by atoms with Crippen molar-refractivity contribution in [1.29, 1.82) is 0 Å². The van der Waals surface area contributed by atoms with Crippen molar-refractivity contribution < 1.29 is 43.1 Å². The summed E-state index contributed by atoms with van der Waals surface area (Å²) in [6.07, 6.45) is -12.9. The highest BCUT2D eigenvalue weighted by Crippen LogP contribution is 2.42. The number of thioether (sulfide) groups is 1. The van der Waals surface area contributed by atoms with Crippen LogP contribution in [0.1, 0.15) is 43.5 Å². The van der Waals surface area contributed by atoms with Gasteiger partial charge in [0.1, 0.15) is 24.0 Å². The third-order valence-corrected chi connectivity index (χ3v) is 6.34. The van der Waals surface area contributed by atoms with Crippen LogP contribution < -0.4 is 4.74 Å². The highest BCUT2D eigenvalue weighted by Gasteiger charge is 2.47. The first-order valence-electron chi connectivity index (χ1n) is 10.3. The van der Waals surface area contributed by atoms with Crippen LogP contribution in [0.25, 0.3) is 0 Å². The minimum absolute atomic E-state index is 0.315. The fourth-order valence-electron chi connectivity index (χ4n) is 3.64. The monoisotopic (exact) mass is 492 g/mol. The Balaban J connectivity index is 1.94. The number of aromatic nitrogens is 2. The van der Waals surface area contributed by atoms with Gasteiger partial charge in [-0.1, -0.05) is 32.9 Å². The third-order valence-electron chi connectivity index (χ3n) is 5.33. The number of nitrogens with zero attached hydrogens (tertiary/aromatic N) is 1. The number of nitrogens with one attached hydrogen (secondary N) is 1. The lowest BCUT2D eigenvalue weighted by atomic mass is 9.92. The van der Waals surface area contributed by atoms with Gasteiger partial charge in [-0.15, -0.1) is 16.9 Å². The average Bonchev–Trinajstić information content (AvgIpc) is 3.17. The van der Waals surface area contributed by atoms with Crippen LogP contribution in [0.3, 0.4) is 0 Å². The number of ether oxygens (including phenoxy) is 2. The molecular formula is C21H27F3N2O6S. The zero-order chi connectivity index (χ0) is 24.5. The molecule has 1 aliphatic rings. The van der Waals surface area contributed by atoms with Crippen molar-refractivity contribution in [3.8, 4) is 5.88 Å². The van der Waals surface area contributed by atoms with Crippen molar-refractivity contribution in [3.63, 3.8) is 0 Å². The molecule has 184 valence electrons. The van der Waals surface area contributed by atoms with Gasteiger partial charge in [-0.05, 0) is 17.7 Å². The summed E-state index contributed by atoms with van der Waals surface area (Å²) in [6.45, 7) is 4.93. The van der Waals surface area contributed by atoms with Gasteiger partial charge in [0.05, 0.1) is 12.2 Å². The van der Waals surface area contributed by atoms with E-state index >= 15 is 0 Å². The van der Waals surface area contributed by atoms with Gasteiger partial charge in [0.2, 0.25) is 5.88 Å². The van der Waals surface area contributed by atoms with Crippen molar-refractivity contribution in [3.05, 3.63) is 41.1 Å². The minimum atomic E-state index is -4.77. The van der Waals surface area contributed by atoms with E-state index in [4.69, 9.17) is 9.47 Å². The highest BCUT2D eigenvalue weighted by atomic mass is 32.2. The quantitative estimate of drug-likeness (QED) is 0.373. The molecule has 0 aliphatic carbocycles. The smallest absolute Gasteiger partial charge is 0.433 e. The SMILES string of the molecule is CC(C)Sc1ccc(C(C)c2c(O[C@@H]3[C@@H](O)[C@H](O)[C@@H](CO)O[C@H]3O)n[nH]c2C(F)(F)F)cc1. The van der Waals surface area contributed by atoms with Crippen LogP contribution in [0.5, 0.6) is 5.88 Å². The molecule has 5 N–H and O–H groups in total. The molecule has 8 nitrogen and oxygen atoms in total. The molecule has 2 aromatic rings. The number of hydrogen-bond acceptors (Lipinski definition) is 8. The molecule has 1 aromatic carbocycles. The molecule has 0 amide bonds. The Morgan fingerprint density at radius 3 is 2.30 bits per heavy atom. The summed E-state index contributed by atoms with van der Waals surface area (Å²) in [6, 6.07) is 7.07. The van der Waals surface area contributed by atoms with E-state index in [0.717, 1.165) is 4.90 Å². The standard InChI is InChI=1S/C21H27F3N2O6S/c1-9(2)33-12-6-4-11(5-7-12)10(3)14-18(21(22,23)24)25-26-19(14)32-17-16(29)15(28)13(8-27)31-20(17)30/h4-7,9-10,13,15-17,20,27-30H,8H2,1-3H3,(H,25,26)/t10?,13-,15-,16+,17-,20-/m1/s1. The largest absolute Gasteiger partial charge is 0.465 e. The number of benzene rings is 1. The molecule has 1 aliphatic heterocycles. The second kappa shape index (κ2) is 10.2. The fraction of sp³-hybridized carbons (Fsp3) is 0.571. The van der Waals surface area contributed by atoms with E-state index in [-0.39, 0.29) is 5.56 Å². The molecule has 0 saturated carbocycles. The Morgan fingerprint density at radius 2 is 1.76 bits per heavy atom. The van der Waals surface area contributed by atoms with Gasteiger partial charge in [0, 0.05) is 16.1 Å². The van der Waals surface area contributed by atoms with Crippen molar-refractivity contribution >= 4 is 11.8 Å². The van der Waals surface area contributed by atoms with Crippen molar-refractivity contribution in [2.45, 2.75) is 73.7 Å². The van der Waals surface area contributed by atoms with E-state index in [1.54, 1.807) is 30.8 Å². The Kier molecular flexibility index (Phi) is 7.97. The molecule has 1 saturated heterocycles. The van der Waals surface area contributed by atoms with E-state index < -0.39 is 61.0 Å². The van der Waals surface area contributed by atoms with Crippen LogP contribution in [-0.2, 0) is 10.9 Å². The Labute approximate surface area is 192 Å². The molecule has 6 atom stereocenters. The number of alkyl halides is 3. The Bertz CT molecular complexity index is 924. The predicted octanol–water partition coefficient (Wildman–Crippen LogP) is 2.26. The Hall–Kier alpha value is -1.83. The first kappa shape index (κ1) is 25.8. The van der Waals surface area contributed by atoms with Crippen LogP contribution in [0.2, 0.25) is 0 Å². The first-order valence-corrected chi connectivity index (χ1v) is 11.2. The van der Waals surface area contributed by atoms with Gasteiger partial charge in [0.25, 0.3) is 0 Å². The molecule has 1 aromatic heterocycles. The van der Waals surface area contributed by atoms with Crippen LogP contribution in [0.4, 0.5) is 13.2 Å². The van der Waals surface area contributed by atoms with E-state index in [1.807, 2.05) is 31.1 Å². The summed E-state index contributed by atoms with van der Waals surface area (Å²) in [5, 5.41) is 45.6. The summed E-state index contributed by atoms with van der Waals surface area (Å²) in [5.41, 5.74) is -0.869. The second-order valence-corrected chi connectivity index (χ2v) is 9.73. The van der Waals surface area contributed by atoms with Crippen molar-refractivity contribution in [2.24, 2.45) is 0 Å². The molecule has 0 spiro atoms. The van der Waals surface area contributed by atoms with Crippen LogP contribution >= 0.6 is 11.8 Å². The minimum Gasteiger partial charge on any atom is -0.465 e. The lowest BCUT2D eigenvalue weighted by molar-refractivity contribution is -0.281. The number of hydrogen-bond donors (Lipinski definition) is 5. The lowest BCUT2D eigenvalue weighted by Crippen LogP contribution is -2.60. The fourth-order valence-corrected chi connectivity index (χ4v) is 4.48. The van der Waals surface area contributed by atoms with Crippen LogP contribution in [0.15, 0.2) is 29.2 Å². The van der Waals surface area contributed by atoms with E-state index in [2.05, 4.69) is 5.10 Å². The van der Waals surface area contributed by atoms with Crippen molar-refractivity contribution in [1.82, 2.24) is 10.2 Å². The molecule has 12 heteroatoms. The van der Waals surface area contributed by atoms with E-state index in [0.29, 0.717) is 10.8 Å². The van der Waals surface area contributed by atoms with Gasteiger partial charge in [0.15, 0.2) is 12.4 Å². The molecule has 2 heterocycles. The van der Waals surface area contributed by atoms with Crippen molar-refractivity contribution in [2.75, 3.05) is 6.61 Å². The van der Waals surface area contributed by atoms with E-state index in [1.165, 1.54) is 0 Å². The topological polar surface area (TPSA) is 128 Å². The zero-order valence-corrected chi connectivity index (χ0v) is 19.0. The maximum atomic E-state index is 13.7. The molecule has 0 bridgehead atoms. The Morgan fingerprint density at radius 1 is 1.12 bits per heavy atom. The number of rotatable bonds is 7. The normalized spacial score (nSPS) is 27.1. The summed E-state index contributed by atoms with van der Waals surface area (Å²) < 4.78 is 51.6. The van der Waals surface area contributed by atoms with Gasteiger partial charge in [-0.3, -0.25) is 5.10 Å². The number of halogens is 3. The first-order chi connectivity index (χ1) is 15.4. The number of aliphatic hydroxyl groups is 4. The highest BCUT2D eigenvalue weighted by molar-refractivity contribution is 7.99.